The molecule has 0 spiro atoms. The van der Waals surface area contributed by atoms with E-state index in [9.17, 15) is 19.6 Å². The summed E-state index contributed by atoms with van der Waals surface area (Å²) in [4.78, 5) is 16.9. The molecule has 2 aliphatic rings. The number of anilines is 1. The first-order chi connectivity index (χ1) is 17.4. The summed E-state index contributed by atoms with van der Waals surface area (Å²) < 4.78 is 25.2. The predicted octanol–water partition coefficient (Wildman–Crippen LogP) is 4.82. The Balaban J connectivity index is 1.49. The first kappa shape index (κ1) is 27.2. The number of nitriles is 1. The number of fused-ring (bicyclic) bond motifs is 1. The highest BCUT2D eigenvalue weighted by molar-refractivity contribution is 6.31. The van der Waals surface area contributed by atoms with Crippen LogP contribution in [0.15, 0.2) is 36.4 Å². The number of amides is 1. The monoisotopic (exact) mass is 529 g/mol. The van der Waals surface area contributed by atoms with Crippen molar-refractivity contribution in [3.05, 3.63) is 58.4 Å². The van der Waals surface area contributed by atoms with Crippen molar-refractivity contribution in [1.29, 1.82) is 5.26 Å². The zero-order valence-electron chi connectivity index (χ0n) is 21.6. The number of aliphatic hydroxyl groups excluding tert-OH is 1. The van der Waals surface area contributed by atoms with Crippen LogP contribution in [0.25, 0.3) is 0 Å². The Morgan fingerprint density at radius 3 is 2.54 bits per heavy atom. The number of nitrogens with zero attached hydrogens (tertiary/aromatic N) is 3. The molecule has 7 nitrogen and oxygen atoms in total. The molecule has 1 amide bonds. The van der Waals surface area contributed by atoms with Gasteiger partial charge in [-0.2, -0.15) is 5.26 Å². The van der Waals surface area contributed by atoms with Crippen LogP contribution in [-0.4, -0.2) is 53.7 Å². The Kier molecular flexibility index (Phi) is 7.70. The quantitative estimate of drug-likeness (QED) is 0.559. The molecule has 2 atom stereocenters. The summed E-state index contributed by atoms with van der Waals surface area (Å²) in [5.74, 6) is -0.0731. The lowest BCUT2D eigenvalue weighted by molar-refractivity contribution is -0.168. The second-order valence-electron chi connectivity index (χ2n) is 10.9. The number of rotatable bonds is 5. The summed E-state index contributed by atoms with van der Waals surface area (Å²) in [5.41, 5.74) is 0.998. The van der Waals surface area contributed by atoms with Crippen LogP contribution in [0.2, 0.25) is 5.02 Å². The van der Waals surface area contributed by atoms with E-state index in [-0.39, 0.29) is 18.3 Å². The molecule has 4 rings (SSSR count). The van der Waals surface area contributed by atoms with E-state index in [4.69, 9.17) is 21.1 Å². The Labute approximate surface area is 222 Å². The highest BCUT2D eigenvalue weighted by Crippen LogP contribution is 2.40. The zero-order chi connectivity index (χ0) is 27.0. The van der Waals surface area contributed by atoms with Crippen molar-refractivity contribution >= 4 is 23.2 Å². The molecule has 9 heteroatoms. The molecule has 2 aliphatic heterocycles. The number of halogens is 2. The standard InChI is InChI=1S/C28H33ClFN3O4/c1-18-13-23-22(14-21(18)29)33(26(35)37-27(2,3)4)16-24(36-23)25(34)32-11-9-28(17-31,10-12-32)15-19-5-7-20(30)8-6-19/h5-8,13-14,24,26,35H,9-12,15-16H2,1-4H3. The average molecular weight is 530 g/mol. The summed E-state index contributed by atoms with van der Waals surface area (Å²) in [6, 6.07) is 12.1. The third-order valence-electron chi connectivity index (χ3n) is 6.91. The SMILES string of the molecule is Cc1cc2c(cc1Cl)N(C(O)OC(C)(C)C)CC(C(=O)N1CCC(C#N)(Cc3ccc(F)cc3)CC1)O2. The van der Waals surface area contributed by atoms with Gasteiger partial charge in [0.15, 0.2) is 6.10 Å². The molecule has 2 aromatic rings. The van der Waals surface area contributed by atoms with Gasteiger partial charge >= 0.3 is 0 Å². The van der Waals surface area contributed by atoms with Crippen LogP contribution in [0.4, 0.5) is 10.1 Å². The minimum atomic E-state index is -1.31. The highest BCUT2D eigenvalue weighted by Gasteiger charge is 2.41. The molecule has 2 aromatic carbocycles. The lowest BCUT2D eigenvalue weighted by Gasteiger charge is -2.43. The van der Waals surface area contributed by atoms with E-state index in [0.29, 0.717) is 48.8 Å². The fourth-order valence-electron chi connectivity index (χ4n) is 4.83. The van der Waals surface area contributed by atoms with Crippen LogP contribution in [-0.2, 0) is 16.0 Å². The molecule has 0 aromatic heterocycles. The van der Waals surface area contributed by atoms with Gasteiger partial charge in [-0.25, -0.2) is 4.39 Å². The Morgan fingerprint density at radius 2 is 1.95 bits per heavy atom. The van der Waals surface area contributed by atoms with Crippen LogP contribution in [0, 0.1) is 29.5 Å². The number of piperidine rings is 1. The Morgan fingerprint density at radius 1 is 1.30 bits per heavy atom. The van der Waals surface area contributed by atoms with Gasteiger partial charge in [-0.15, -0.1) is 0 Å². The van der Waals surface area contributed by atoms with Gasteiger partial charge in [-0.1, -0.05) is 23.7 Å². The maximum Gasteiger partial charge on any atom is 0.265 e. The lowest BCUT2D eigenvalue weighted by atomic mass is 9.75. The molecular weight excluding hydrogens is 497 g/mol. The van der Waals surface area contributed by atoms with Gasteiger partial charge in [-0.05, 0) is 82.3 Å². The van der Waals surface area contributed by atoms with E-state index in [2.05, 4.69) is 6.07 Å². The molecule has 0 radical (unpaired) electrons. The fourth-order valence-corrected chi connectivity index (χ4v) is 4.99. The van der Waals surface area contributed by atoms with Crippen molar-refractivity contribution in [3.8, 4) is 11.8 Å². The van der Waals surface area contributed by atoms with Crippen LogP contribution >= 0.6 is 11.6 Å². The van der Waals surface area contributed by atoms with Crippen molar-refractivity contribution < 1.29 is 23.8 Å². The smallest absolute Gasteiger partial charge is 0.265 e. The van der Waals surface area contributed by atoms with E-state index in [1.54, 1.807) is 34.1 Å². The molecule has 2 heterocycles. The van der Waals surface area contributed by atoms with Gasteiger partial charge in [-0.3, -0.25) is 4.79 Å². The zero-order valence-corrected chi connectivity index (χ0v) is 22.4. The van der Waals surface area contributed by atoms with E-state index in [1.807, 2.05) is 27.7 Å². The number of aliphatic hydroxyl groups is 1. The highest BCUT2D eigenvalue weighted by atomic mass is 35.5. The number of hydrogen-bond acceptors (Lipinski definition) is 6. The minimum Gasteiger partial charge on any atom is -0.477 e. The van der Waals surface area contributed by atoms with Gasteiger partial charge in [0, 0.05) is 18.1 Å². The lowest BCUT2D eigenvalue weighted by Crippen LogP contribution is -2.56. The number of hydrogen-bond donors (Lipinski definition) is 1. The van der Waals surface area contributed by atoms with Gasteiger partial charge in [0.05, 0.1) is 29.3 Å². The summed E-state index contributed by atoms with van der Waals surface area (Å²) in [6.07, 6.45) is -0.657. The molecule has 1 N–H and O–H groups in total. The van der Waals surface area contributed by atoms with Gasteiger partial charge in [0.2, 0.25) is 6.41 Å². The van der Waals surface area contributed by atoms with E-state index in [1.165, 1.54) is 12.1 Å². The largest absolute Gasteiger partial charge is 0.477 e. The second kappa shape index (κ2) is 10.5. The van der Waals surface area contributed by atoms with Crippen molar-refractivity contribution in [1.82, 2.24) is 4.90 Å². The Bertz CT molecular complexity index is 1180. The maximum absolute atomic E-state index is 13.6. The van der Waals surface area contributed by atoms with Crippen LogP contribution in [0.1, 0.15) is 44.7 Å². The van der Waals surface area contributed by atoms with Crippen molar-refractivity contribution in [2.45, 2.75) is 65.1 Å². The first-order valence-corrected chi connectivity index (χ1v) is 12.8. The normalized spacial score (nSPS) is 20.0. The second-order valence-corrected chi connectivity index (χ2v) is 11.3. The number of ether oxygens (including phenoxy) is 2. The minimum absolute atomic E-state index is 0.0813. The van der Waals surface area contributed by atoms with Crippen LogP contribution in [0.3, 0.4) is 0 Å². The number of carbonyl (C=O) groups is 1. The van der Waals surface area contributed by atoms with Crippen molar-refractivity contribution in [2.24, 2.45) is 5.41 Å². The number of aryl methyl sites for hydroxylation is 1. The van der Waals surface area contributed by atoms with Crippen molar-refractivity contribution in [2.75, 3.05) is 24.5 Å². The fraction of sp³-hybridized carbons (Fsp3) is 0.500. The first-order valence-electron chi connectivity index (χ1n) is 12.4. The molecule has 0 saturated carbocycles. The van der Waals surface area contributed by atoms with Crippen LogP contribution < -0.4 is 9.64 Å². The molecule has 0 aliphatic carbocycles. The number of carbonyl (C=O) groups excluding carboxylic acids is 1. The van der Waals surface area contributed by atoms with E-state index in [0.717, 1.165) is 11.1 Å². The summed E-state index contributed by atoms with van der Waals surface area (Å²) in [5, 5.41) is 21.4. The molecule has 2 unspecified atom stereocenters. The third-order valence-corrected chi connectivity index (χ3v) is 7.31. The Hall–Kier alpha value is -2.86. The molecule has 0 bridgehead atoms. The van der Waals surface area contributed by atoms with Crippen LogP contribution in [0.5, 0.6) is 5.75 Å². The van der Waals surface area contributed by atoms with E-state index < -0.39 is 23.5 Å². The van der Waals surface area contributed by atoms with E-state index >= 15 is 0 Å². The summed E-state index contributed by atoms with van der Waals surface area (Å²) in [6.45, 7) is 8.24. The average Bonchev–Trinajstić information content (AvgIpc) is 2.84. The molecular formula is C28H33ClFN3O4. The van der Waals surface area contributed by atoms with Gasteiger partial charge in [0.25, 0.3) is 5.91 Å². The third kappa shape index (κ3) is 6.18. The maximum atomic E-state index is 13.6. The topological polar surface area (TPSA) is 86.0 Å². The van der Waals surface area contributed by atoms with Gasteiger partial charge in [0.1, 0.15) is 11.6 Å². The van der Waals surface area contributed by atoms with Crippen molar-refractivity contribution in [3.63, 3.8) is 0 Å². The summed E-state index contributed by atoms with van der Waals surface area (Å²) >= 11 is 6.35. The molecule has 1 saturated heterocycles. The predicted molar refractivity (Wildman–Crippen MR) is 139 cm³/mol. The number of benzene rings is 2. The number of likely N-dealkylation sites (tertiary alicyclic amines) is 1. The molecule has 1 fully saturated rings. The summed E-state index contributed by atoms with van der Waals surface area (Å²) in [7, 11) is 0. The molecule has 198 valence electrons. The van der Waals surface area contributed by atoms with Gasteiger partial charge < -0.3 is 24.4 Å². The molecule has 37 heavy (non-hydrogen) atoms.